The van der Waals surface area contributed by atoms with E-state index in [9.17, 15) is 0 Å². The zero-order valence-electron chi connectivity index (χ0n) is 11.4. The predicted molar refractivity (Wildman–Crippen MR) is 76.2 cm³/mol. The molecule has 102 valence electrons. The minimum Gasteiger partial charge on any atom is -0.497 e. The highest BCUT2D eigenvalue weighted by Gasteiger charge is 2.04. The molecule has 2 aromatic rings. The van der Waals surface area contributed by atoms with E-state index in [1.165, 1.54) is 0 Å². The van der Waals surface area contributed by atoms with Crippen molar-refractivity contribution in [2.24, 2.45) is 0 Å². The molecule has 1 aromatic carbocycles. The highest BCUT2D eigenvalue weighted by molar-refractivity contribution is 5.48. The van der Waals surface area contributed by atoms with E-state index in [-0.39, 0.29) is 0 Å². The first-order chi connectivity index (χ1) is 9.75. The van der Waals surface area contributed by atoms with Crippen molar-refractivity contribution < 1.29 is 9.47 Å². The number of ether oxygens (including phenoxy) is 2. The van der Waals surface area contributed by atoms with Gasteiger partial charge in [-0.25, -0.2) is 0 Å². The standard InChI is InChI=1S/C15H15N3O2/c1-3-18-12-6-15(10-17-9-12)20-14-5-11(8-16)4-13(7-14)19-2/h4-7,9-10,18H,3H2,1-2H3. The van der Waals surface area contributed by atoms with Crippen molar-refractivity contribution in [2.75, 3.05) is 19.0 Å². The number of pyridine rings is 1. The van der Waals surface area contributed by atoms with Crippen LogP contribution in [0.4, 0.5) is 5.69 Å². The molecule has 0 bridgehead atoms. The molecule has 20 heavy (non-hydrogen) atoms. The van der Waals surface area contributed by atoms with Gasteiger partial charge in [-0.3, -0.25) is 4.98 Å². The highest BCUT2D eigenvalue weighted by atomic mass is 16.5. The Bertz CT molecular complexity index is 635. The van der Waals surface area contributed by atoms with Crippen LogP contribution in [0.3, 0.4) is 0 Å². The number of benzene rings is 1. The fourth-order valence-electron chi connectivity index (χ4n) is 1.72. The van der Waals surface area contributed by atoms with Crippen LogP contribution in [0.1, 0.15) is 12.5 Å². The number of nitrogens with zero attached hydrogens (tertiary/aromatic N) is 2. The summed E-state index contributed by atoms with van der Waals surface area (Å²) in [6.07, 6.45) is 3.34. The van der Waals surface area contributed by atoms with E-state index in [1.807, 2.05) is 13.0 Å². The number of hydrogen-bond acceptors (Lipinski definition) is 5. The lowest BCUT2D eigenvalue weighted by Crippen LogP contribution is -1.97. The Labute approximate surface area is 117 Å². The van der Waals surface area contributed by atoms with Gasteiger partial charge in [-0.15, -0.1) is 0 Å². The smallest absolute Gasteiger partial charge is 0.147 e. The van der Waals surface area contributed by atoms with Gasteiger partial charge in [0.05, 0.1) is 36.8 Å². The summed E-state index contributed by atoms with van der Waals surface area (Å²) in [5.74, 6) is 1.71. The molecule has 0 spiro atoms. The van der Waals surface area contributed by atoms with Gasteiger partial charge in [-0.1, -0.05) is 0 Å². The zero-order valence-corrected chi connectivity index (χ0v) is 11.4. The topological polar surface area (TPSA) is 67.2 Å². The first kappa shape index (κ1) is 13.7. The Morgan fingerprint density at radius 3 is 2.65 bits per heavy atom. The number of nitrogens with one attached hydrogen (secondary N) is 1. The number of rotatable bonds is 5. The maximum atomic E-state index is 8.98. The average Bonchev–Trinajstić information content (AvgIpc) is 2.47. The van der Waals surface area contributed by atoms with Crippen molar-refractivity contribution in [1.82, 2.24) is 4.98 Å². The molecule has 1 N–H and O–H groups in total. The van der Waals surface area contributed by atoms with E-state index >= 15 is 0 Å². The fourth-order valence-corrected chi connectivity index (χ4v) is 1.72. The molecule has 5 nitrogen and oxygen atoms in total. The van der Waals surface area contributed by atoms with Gasteiger partial charge in [-0.05, 0) is 19.1 Å². The molecule has 0 atom stereocenters. The lowest BCUT2D eigenvalue weighted by molar-refractivity contribution is 0.408. The van der Waals surface area contributed by atoms with Crippen LogP contribution in [0, 0.1) is 11.3 Å². The third kappa shape index (κ3) is 3.39. The van der Waals surface area contributed by atoms with Crippen molar-refractivity contribution in [3.8, 4) is 23.3 Å². The summed E-state index contributed by atoms with van der Waals surface area (Å²) in [7, 11) is 1.55. The van der Waals surface area contributed by atoms with E-state index in [0.29, 0.717) is 22.8 Å². The lowest BCUT2D eigenvalue weighted by Gasteiger charge is -2.09. The average molecular weight is 269 g/mol. The van der Waals surface area contributed by atoms with Gasteiger partial charge in [0.25, 0.3) is 0 Å². The van der Waals surface area contributed by atoms with E-state index in [1.54, 1.807) is 37.7 Å². The van der Waals surface area contributed by atoms with Crippen LogP contribution in [0.25, 0.3) is 0 Å². The van der Waals surface area contributed by atoms with Gasteiger partial charge in [-0.2, -0.15) is 5.26 Å². The molecule has 5 heteroatoms. The molecule has 1 heterocycles. The van der Waals surface area contributed by atoms with Gasteiger partial charge < -0.3 is 14.8 Å². The van der Waals surface area contributed by atoms with Crippen LogP contribution < -0.4 is 14.8 Å². The Balaban J connectivity index is 2.25. The van der Waals surface area contributed by atoms with Crippen LogP contribution in [-0.4, -0.2) is 18.6 Å². The third-order valence-electron chi connectivity index (χ3n) is 2.57. The zero-order chi connectivity index (χ0) is 14.4. The second kappa shape index (κ2) is 6.43. The highest BCUT2D eigenvalue weighted by Crippen LogP contribution is 2.27. The molecule has 1 aromatic heterocycles. The van der Waals surface area contributed by atoms with Crippen molar-refractivity contribution >= 4 is 5.69 Å². The summed E-state index contributed by atoms with van der Waals surface area (Å²) in [5, 5.41) is 12.1. The Kier molecular flexibility index (Phi) is 4.40. The number of methoxy groups -OCH3 is 1. The molecule has 0 radical (unpaired) electrons. The Morgan fingerprint density at radius 1 is 1.15 bits per heavy atom. The van der Waals surface area contributed by atoms with Gasteiger partial charge in [0.1, 0.15) is 17.2 Å². The summed E-state index contributed by atoms with van der Waals surface area (Å²) < 4.78 is 10.9. The first-order valence-electron chi connectivity index (χ1n) is 6.21. The quantitative estimate of drug-likeness (QED) is 0.902. The van der Waals surface area contributed by atoms with Crippen molar-refractivity contribution in [3.05, 3.63) is 42.2 Å². The van der Waals surface area contributed by atoms with Crippen LogP contribution in [0.15, 0.2) is 36.7 Å². The van der Waals surface area contributed by atoms with Crippen LogP contribution in [-0.2, 0) is 0 Å². The maximum Gasteiger partial charge on any atom is 0.147 e. The van der Waals surface area contributed by atoms with E-state index < -0.39 is 0 Å². The van der Waals surface area contributed by atoms with Crippen LogP contribution in [0.2, 0.25) is 0 Å². The first-order valence-corrected chi connectivity index (χ1v) is 6.21. The van der Waals surface area contributed by atoms with Gasteiger partial charge in [0.15, 0.2) is 0 Å². The Hall–Kier alpha value is -2.74. The number of hydrogen-bond donors (Lipinski definition) is 1. The van der Waals surface area contributed by atoms with E-state index in [4.69, 9.17) is 14.7 Å². The normalized spacial score (nSPS) is 9.65. The summed E-state index contributed by atoms with van der Waals surface area (Å²) in [6, 6.07) is 8.95. The number of nitriles is 1. The van der Waals surface area contributed by atoms with E-state index in [2.05, 4.69) is 16.4 Å². The van der Waals surface area contributed by atoms with Crippen molar-refractivity contribution in [1.29, 1.82) is 5.26 Å². The largest absolute Gasteiger partial charge is 0.497 e. The second-order valence-corrected chi connectivity index (χ2v) is 4.05. The number of anilines is 1. The molecule has 0 unspecified atom stereocenters. The molecule has 0 amide bonds. The van der Waals surface area contributed by atoms with E-state index in [0.717, 1.165) is 12.2 Å². The molecule has 0 aliphatic rings. The Morgan fingerprint density at radius 2 is 1.95 bits per heavy atom. The molecule has 0 saturated carbocycles. The molecular formula is C15H15N3O2. The number of aromatic nitrogens is 1. The van der Waals surface area contributed by atoms with Crippen molar-refractivity contribution in [2.45, 2.75) is 6.92 Å². The lowest BCUT2D eigenvalue weighted by atomic mass is 10.2. The summed E-state index contributed by atoms with van der Waals surface area (Å²) in [6.45, 7) is 2.82. The molecule has 0 saturated heterocycles. The summed E-state index contributed by atoms with van der Waals surface area (Å²) in [5.41, 5.74) is 1.36. The third-order valence-corrected chi connectivity index (χ3v) is 2.57. The summed E-state index contributed by atoms with van der Waals surface area (Å²) in [4.78, 5) is 4.10. The van der Waals surface area contributed by atoms with Gasteiger partial charge in [0.2, 0.25) is 0 Å². The molecule has 2 rings (SSSR count). The van der Waals surface area contributed by atoms with Crippen LogP contribution in [0.5, 0.6) is 17.2 Å². The molecular weight excluding hydrogens is 254 g/mol. The van der Waals surface area contributed by atoms with Crippen LogP contribution >= 0.6 is 0 Å². The monoisotopic (exact) mass is 269 g/mol. The summed E-state index contributed by atoms with van der Waals surface area (Å²) >= 11 is 0. The molecule has 0 fully saturated rings. The van der Waals surface area contributed by atoms with Gasteiger partial charge in [0, 0.05) is 18.7 Å². The maximum absolute atomic E-state index is 8.98. The second-order valence-electron chi connectivity index (χ2n) is 4.05. The fraction of sp³-hybridized carbons (Fsp3) is 0.200. The predicted octanol–water partition coefficient (Wildman–Crippen LogP) is 3.19. The minimum absolute atomic E-state index is 0.482. The van der Waals surface area contributed by atoms with Crippen molar-refractivity contribution in [3.63, 3.8) is 0 Å². The SMILES string of the molecule is CCNc1cncc(Oc2cc(C#N)cc(OC)c2)c1. The molecule has 0 aliphatic heterocycles. The molecule has 0 aliphatic carbocycles. The van der Waals surface area contributed by atoms with Gasteiger partial charge >= 0.3 is 0 Å². The minimum atomic E-state index is 0.482.